The first kappa shape index (κ1) is 15.3. The predicted molar refractivity (Wildman–Crippen MR) is 88.9 cm³/mol. The zero-order valence-electron chi connectivity index (χ0n) is 13.3. The zero-order valence-corrected chi connectivity index (χ0v) is 13.3. The lowest BCUT2D eigenvalue weighted by Crippen LogP contribution is -2.36. The molecule has 0 radical (unpaired) electrons. The fourth-order valence-electron chi connectivity index (χ4n) is 2.95. The van der Waals surface area contributed by atoms with Gasteiger partial charge < -0.3 is 9.64 Å². The van der Waals surface area contributed by atoms with Crippen molar-refractivity contribution >= 4 is 17.6 Å². The molecule has 0 spiro atoms. The van der Waals surface area contributed by atoms with Crippen LogP contribution in [0.25, 0.3) is 0 Å². The van der Waals surface area contributed by atoms with E-state index in [1.165, 1.54) is 12.5 Å². The van der Waals surface area contributed by atoms with Crippen molar-refractivity contribution in [3.05, 3.63) is 59.7 Å². The molecule has 0 N–H and O–H groups in total. The minimum absolute atomic E-state index is 0.0290. The second kappa shape index (κ2) is 6.24. The fraction of sp³-hybridized carbons (Fsp3) is 0.263. The van der Waals surface area contributed by atoms with Crippen LogP contribution in [-0.2, 0) is 4.79 Å². The summed E-state index contributed by atoms with van der Waals surface area (Å²) in [4.78, 5) is 25.6. The second-order valence-corrected chi connectivity index (χ2v) is 5.82. The summed E-state index contributed by atoms with van der Waals surface area (Å²) in [5, 5.41) is 0. The van der Waals surface area contributed by atoms with Crippen LogP contribution in [0.4, 0.5) is 5.69 Å². The quantitative estimate of drug-likeness (QED) is 0.627. The number of fused-ring (bicyclic) bond motifs is 1. The van der Waals surface area contributed by atoms with Crippen LogP contribution in [0, 0.1) is 0 Å². The van der Waals surface area contributed by atoms with Crippen molar-refractivity contribution in [2.75, 3.05) is 11.4 Å². The van der Waals surface area contributed by atoms with E-state index in [2.05, 4.69) is 13.0 Å². The van der Waals surface area contributed by atoms with Gasteiger partial charge in [0, 0.05) is 24.7 Å². The highest BCUT2D eigenvalue weighted by Crippen LogP contribution is 2.35. The number of carbonyl (C=O) groups is 2. The van der Waals surface area contributed by atoms with Gasteiger partial charge in [-0.1, -0.05) is 25.1 Å². The Morgan fingerprint density at radius 1 is 1.09 bits per heavy atom. The Labute approximate surface area is 135 Å². The van der Waals surface area contributed by atoms with Gasteiger partial charge in [0.05, 0.1) is 0 Å². The van der Waals surface area contributed by atoms with Crippen molar-refractivity contribution in [2.45, 2.75) is 26.2 Å². The Morgan fingerprint density at radius 3 is 2.48 bits per heavy atom. The monoisotopic (exact) mass is 309 g/mol. The van der Waals surface area contributed by atoms with E-state index in [0.29, 0.717) is 23.8 Å². The van der Waals surface area contributed by atoms with Gasteiger partial charge in [0.1, 0.15) is 5.75 Å². The van der Waals surface area contributed by atoms with Crippen molar-refractivity contribution in [3.63, 3.8) is 0 Å². The van der Waals surface area contributed by atoms with E-state index in [4.69, 9.17) is 4.74 Å². The number of esters is 1. The van der Waals surface area contributed by atoms with Gasteiger partial charge in [-0.2, -0.15) is 0 Å². The van der Waals surface area contributed by atoms with Crippen molar-refractivity contribution in [1.82, 2.24) is 0 Å². The third-order valence-electron chi connectivity index (χ3n) is 4.15. The summed E-state index contributed by atoms with van der Waals surface area (Å²) in [7, 11) is 0. The van der Waals surface area contributed by atoms with E-state index in [1.807, 2.05) is 23.1 Å². The van der Waals surface area contributed by atoms with E-state index in [-0.39, 0.29) is 11.9 Å². The second-order valence-electron chi connectivity index (χ2n) is 5.82. The highest BCUT2D eigenvalue weighted by atomic mass is 16.5. The molecule has 1 aliphatic rings. The van der Waals surface area contributed by atoms with Crippen molar-refractivity contribution in [2.24, 2.45) is 0 Å². The Bertz CT molecular complexity index is 737. The van der Waals surface area contributed by atoms with Gasteiger partial charge >= 0.3 is 5.97 Å². The Morgan fingerprint density at radius 2 is 1.78 bits per heavy atom. The largest absolute Gasteiger partial charge is 0.427 e. The van der Waals surface area contributed by atoms with E-state index in [1.54, 1.807) is 24.3 Å². The third-order valence-corrected chi connectivity index (χ3v) is 4.15. The molecule has 2 aromatic carbocycles. The molecule has 0 bridgehead atoms. The lowest BCUT2D eigenvalue weighted by molar-refractivity contribution is -0.131. The van der Waals surface area contributed by atoms with Crippen molar-refractivity contribution < 1.29 is 14.3 Å². The summed E-state index contributed by atoms with van der Waals surface area (Å²) in [5.41, 5.74) is 2.79. The topological polar surface area (TPSA) is 46.6 Å². The molecule has 4 heteroatoms. The van der Waals surface area contributed by atoms with Crippen molar-refractivity contribution in [3.8, 4) is 5.75 Å². The number of ether oxygens (including phenoxy) is 1. The van der Waals surface area contributed by atoms with Gasteiger partial charge in [0.15, 0.2) is 0 Å². The fourth-order valence-corrected chi connectivity index (χ4v) is 2.95. The number of carbonyl (C=O) groups excluding carboxylic acids is 2. The molecule has 23 heavy (non-hydrogen) atoms. The standard InChI is InChI=1S/C19H19NO3/c1-13-11-12-20(18-6-4-3-5-17(13)18)19(22)15-7-9-16(10-8-15)23-14(2)21/h3-10,13H,11-12H2,1-2H3. The average Bonchev–Trinajstić information content (AvgIpc) is 2.55. The van der Waals surface area contributed by atoms with E-state index < -0.39 is 0 Å². The molecule has 0 saturated heterocycles. The predicted octanol–water partition coefficient (Wildman–Crippen LogP) is 3.77. The normalized spacial score (nSPS) is 16.6. The molecule has 118 valence electrons. The van der Waals surface area contributed by atoms with Gasteiger partial charge in [0.2, 0.25) is 0 Å². The Kier molecular flexibility index (Phi) is 4.15. The van der Waals surface area contributed by atoms with Crippen LogP contribution in [0.15, 0.2) is 48.5 Å². The zero-order chi connectivity index (χ0) is 16.4. The maximum Gasteiger partial charge on any atom is 0.308 e. The maximum absolute atomic E-state index is 12.8. The van der Waals surface area contributed by atoms with E-state index >= 15 is 0 Å². The molecule has 4 nitrogen and oxygen atoms in total. The highest BCUT2D eigenvalue weighted by molar-refractivity contribution is 6.06. The molecule has 1 amide bonds. The molecule has 1 unspecified atom stereocenters. The van der Waals surface area contributed by atoms with Crippen LogP contribution in [0.1, 0.15) is 42.1 Å². The number of hydrogen-bond donors (Lipinski definition) is 0. The smallest absolute Gasteiger partial charge is 0.308 e. The van der Waals surface area contributed by atoms with Gasteiger partial charge in [-0.3, -0.25) is 9.59 Å². The lowest BCUT2D eigenvalue weighted by atomic mass is 9.91. The molecule has 2 aromatic rings. The molecule has 0 saturated carbocycles. The van der Waals surface area contributed by atoms with E-state index in [9.17, 15) is 9.59 Å². The van der Waals surface area contributed by atoms with Crippen LogP contribution in [-0.4, -0.2) is 18.4 Å². The number of amides is 1. The molecule has 1 heterocycles. The number of para-hydroxylation sites is 1. The van der Waals surface area contributed by atoms with Gasteiger partial charge in [-0.05, 0) is 48.2 Å². The summed E-state index contributed by atoms with van der Waals surface area (Å²) >= 11 is 0. The van der Waals surface area contributed by atoms with Gasteiger partial charge in [0.25, 0.3) is 5.91 Å². The number of hydrogen-bond acceptors (Lipinski definition) is 3. The van der Waals surface area contributed by atoms with Gasteiger partial charge in [-0.15, -0.1) is 0 Å². The molecule has 0 fully saturated rings. The van der Waals surface area contributed by atoms with Gasteiger partial charge in [-0.25, -0.2) is 0 Å². The summed E-state index contributed by atoms with van der Waals surface area (Å²) in [6, 6.07) is 14.7. The Hall–Kier alpha value is -2.62. The first-order valence-corrected chi connectivity index (χ1v) is 7.75. The molecule has 3 rings (SSSR count). The summed E-state index contributed by atoms with van der Waals surface area (Å²) < 4.78 is 5.00. The molecular weight excluding hydrogens is 290 g/mol. The third kappa shape index (κ3) is 3.11. The molecule has 1 aliphatic heterocycles. The number of anilines is 1. The minimum Gasteiger partial charge on any atom is -0.427 e. The minimum atomic E-state index is -0.372. The van der Waals surface area contributed by atoms with E-state index in [0.717, 1.165) is 12.1 Å². The molecule has 0 aromatic heterocycles. The summed E-state index contributed by atoms with van der Waals surface area (Å²) in [6.45, 7) is 4.25. The molecular formula is C19H19NO3. The molecule has 0 aliphatic carbocycles. The first-order chi connectivity index (χ1) is 11.1. The maximum atomic E-state index is 12.8. The first-order valence-electron chi connectivity index (χ1n) is 7.75. The lowest BCUT2D eigenvalue weighted by Gasteiger charge is -2.33. The van der Waals surface area contributed by atoms with Crippen molar-refractivity contribution in [1.29, 1.82) is 0 Å². The van der Waals surface area contributed by atoms with Crippen LogP contribution in [0.5, 0.6) is 5.75 Å². The Balaban J connectivity index is 1.86. The highest BCUT2D eigenvalue weighted by Gasteiger charge is 2.26. The van der Waals surface area contributed by atoms with Crippen LogP contribution in [0.3, 0.4) is 0 Å². The number of rotatable bonds is 2. The number of nitrogens with zero attached hydrogens (tertiary/aromatic N) is 1. The van der Waals surface area contributed by atoms with Crippen LogP contribution < -0.4 is 9.64 Å². The number of benzene rings is 2. The SMILES string of the molecule is CC(=O)Oc1ccc(C(=O)N2CCC(C)c3ccccc32)cc1. The molecule has 1 atom stereocenters. The van der Waals surface area contributed by atoms with Crippen LogP contribution in [0.2, 0.25) is 0 Å². The van der Waals surface area contributed by atoms with Crippen LogP contribution >= 0.6 is 0 Å². The summed E-state index contributed by atoms with van der Waals surface area (Å²) in [6.07, 6.45) is 0.953. The summed E-state index contributed by atoms with van der Waals surface area (Å²) in [5.74, 6) is 0.505. The average molecular weight is 309 g/mol.